The van der Waals surface area contributed by atoms with E-state index in [0.29, 0.717) is 13.0 Å². The molecule has 0 aromatic heterocycles. The summed E-state index contributed by atoms with van der Waals surface area (Å²) in [6, 6.07) is 14.4. The van der Waals surface area contributed by atoms with Gasteiger partial charge in [-0.2, -0.15) is 0 Å². The van der Waals surface area contributed by atoms with E-state index in [4.69, 9.17) is 5.73 Å². The number of hydrogen-bond donors (Lipinski definition) is 1. The molecule has 1 aliphatic heterocycles. The molecule has 0 spiro atoms. The van der Waals surface area contributed by atoms with Crippen LogP contribution in [0.5, 0.6) is 0 Å². The fraction of sp³-hybridized carbons (Fsp3) is 0.389. The molecule has 3 nitrogen and oxygen atoms in total. The fourth-order valence-corrected chi connectivity index (χ4v) is 3.14. The molecule has 2 N–H and O–H groups in total. The van der Waals surface area contributed by atoms with Crippen LogP contribution >= 0.6 is 0 Å². The minimum Gasteiger partial charge on any atom is -0.341 e. The smallest absolute Gasteiger partial charge is 0.222 e. The Hall–Kier alpha value is -1.87. The molecule has 2 aromatic carbocycles. The Labute approximate surface area is 125 Å². The fourth-order valence-electron chi connectivity index (χ4n) is 3.14. The lowest BCUT2D eigenvalue weighted by Gasteiger charge is -2.25. The van der Waals surface area contributed by atoms with Crippen molar-refractivity contribution >= 4 is 16.7 Å². The molecular formula is C18H22N2O. The van der Waals surface area contributed by atoms with E-state index >= 15 is 0 Å². The Morgan fingerprint density at radius 3 is 2.76 bits per heavy atom. The monoisotopic (exact) mass is 282 g/mol. The van der Waals surface area contributed by atoms with Crippen molar-refractivity contribution < 1.29 is 4.79 Å². The van der Waals surface area contributed by atoms with E-state index in [1.807, 2.05) is 23.1 Å². The lowest BCUT2D eigenvalue weighted by molar-refractivity contribution is -0.130. The van der Waals surface area contributed by atoms with Crippen LogP contribution in [0.3, 0.4) is 0 Å². The summed E-state index contributed by atoms with van der Waals surface area (Å²) in [4.78, 5) is 14.1. The number of fused-ring (bicyclic) bond motifs is 1. The highest BCUT2D eigenvalue weighted by Gasteiger charge is 2.20. The Morgan fingerprint density at radius 1 is 1.05 bits per heavy atom. The Balaban J connectivity index is 1.83. The SMILES string of the molecule is NC(CN1CCCCCC1=O)c1cccc2ccccc12. The third-order valence-corrected chi connectivity index (χ3v) is 4.31. The third kappa shape index (κ3) is 3.08. The number of amides is 1. The normalized spacial score (nSPS) is 17.8. The topological polar surface area (TPSA) is 46.3 Å². The quantitative estimate of drug-likeness (QED) is 0.939. The molecule has 0 aliphatic carbocycles. The van der Waals surface area contributed by atoms with Crippen molar-refractivity contribution in [1.29, 1.82) is 0 Å². The van der Waals surface area contributed by atoms with Gasteiger partial charge in [-0.1, -0.05) is 48.9 Å². The molecule has 0 bridgehead atoms. The van der Waals surface area contributed by atoms with E-state index in [0.717, 1.165) is 31.4 Å². The average molecular weight is 282 g/mol. The summed E-state index contributed by atoms with van der Waals surface area (Å²) in [5.74, 6) is 0.253. The Morgan fingerprint density at radius 2 is 1.86 bits per heavy atom. The predicted octanol–water partition coefficient (Wildman–Crippen LogP) is 3.24. The van der Waals surface area contributed by atoms with Gasteiger partial charge in [-0.3, -0.25) is 4.79 Å². The third-order valence-electron chi connectivity index (χ3n) is 4.31. The molecule has 1 amide bonds. The van der Waals surface area contributed by atoms with Gasteiger partial charge in [-0.15, -0.1) is 0 Å². The summed E-state index contributed by atoms with van der Waals surface area (Å²) < 4.78 is 0. The van der Waals surface area contributed by atoms with E-state index in [-0.39, 0.29) is 11.9 Å². The van der Waals surface area contributed by atoms with Gasteiger partial charge >= 0.3 is 0 Å². The largest absolute Gasteiger partial charge is 0.341 e. The van der Waals surface area contributed by atoms with Crippen molar-refractivity contribution in [2.45, 2.75) is 31.7 Å². The maximum atomic E-state index is 12.1. The van der Waals surface area contributed by atoms with Gasteiger partial charge in [-0.25, -0.2) is 0 Å². The van der Waals surface area contributed by atoms with E-state index < -0.39 is 0 Å². The molecule has 1 fully saturated rings. The van der Waals surface area contributed by atoms with Crippen LogP contribution in [0.4, 0.5) is 0 Å². The summed E-state index contributed by atoms with van der Waals surface area (Å²) in [5, 5.41) is 2.39. The molecule has 2 aromatic rings. The first-order valence-corrected chi connectivity index (χ1v) is 7.77. The first-order valence-electron chi connectivity index (χ1n) is 7.77. The van der Waals surface area contributed by atoms with Crippen LogP contribution in [0.2, 0.25) is 0 Å². The second-order valence-electron chi connectivity index (χ2n) is 5.83. The van der Waals surface area contributed by atoms with Crippen LogP contribution in [0.1, 0.15) is 37.3 Å². The van der Waals surface area contributed by atoms with Gasteiger partial charge in [0.15, 0.2) is 0 Å². The Kier molecular flexibility index (Phi) is 4.20. The molecule has 1 heterocycles. The average Bonchev–Trinajstić information content (AvgIpc) is 2.71. The molecule has 0 saturated carbocycles. The minimum atomic E-state index is -0.127. The van der Waals surface area contributed by atoms with Gasteiger partial charge < -0.3 is 10.6 Å². The molecule has 1 aliphatic rings. The van der Waals surface area contributed by atoms with Gasteiger partial charge in [0.25, 0.3) is 0 Å². The van der Waals surface area contributed by atoms with Crippen LogP contribution in [0.25, 0.3) is 10.8 Å². The van der Waals surface area contributed by atoms with Gasteiger partial charge in [0, 0.05) is 25.6 Å². The number of benzene rings is 2. The number of rotatable bonds is 3. The number of carbonyl (C=O) groups excluding carboxylic acids is 1. The lowest BCUT2D eigenvalue weighted by Crippen LogP contribution is -2.36. The highest BCUT2D eigenvalue weighted by Crippen LogP contribution is 2.24. The van der Waals surface area contributed by atoms with Crippen LogP contribution in [-0.2, 0) is 4.79 Å². The number of carbonyl (C=O) groups is 1. The molecule has 1 saturated heterocycles. The second kappa shape index (κ2) is 6.27. The minimum absolute atomic E-state index is 0.127. The van der Waals surface area contributed by atoms with Crippen LogP contribution in [0, 0.1) is 0 Å². The molecule has 110 valence electrons. The van der Waals surface area contributed by atoms with Crippen molar-refractivity contribution in [3.05, 3.63) is 48.0 Å². The highest BCUT2D eigenvalue weighted by molar-refractivity contribution is 5.86. The second-order valence-corrected chi connectivity index (χ2v) is 5.83. The zero-order chi connectivity index (χ0) is 14.7. The summed E-state index contributed by atoms with van der Waals surface area (Å²) >= 11 is 0. The van der Waals surface area contributed by atoms with Gasteiger partial charge in [0.05, 0.1) is 0 Å². The van der Waals surface area contributed by atoms with Crippen LogP contribution < -0.4 is 5.73 Å². The van der Waals surface area contributed by atoms with E-state index in [2.05, 4.69) is 24.3 Å². The van der Waals surface area contributed by atoms with E-state index in [1.54, 1.807) is 0 Å². The molecule has 1 unspecified atom stereocenters. The maximum Gasteiger partial charge on any atom is 0.222 e. The molecule has 3 rings (SSSR count). The molecular weight excluding hydrogens is 260 g/mol. The van der Waals surface area contributed by atoms with Gasteiger partial charge in [0.2, 0.25) is 5.91 Å². The Bertz CT molecular complexity index is 633. The molecule has 21 heavy (non-hydrogen) atoms. The first-order chi connectivity index (χ1) is 10.3. The molecule has 0 radical (unpaired) electrons. The predicted molar refractivity (Wildman–Crippen MR) is 85.9 cm³/mol. The summed E-state index contributed by atoms with van der Waals surface area (Å²) in [6.45, 7) is 1.46. The standard InChI is InChI=1S/C18H22N2O/c19-17(13-20-12-5-1-2-11-18(20)21)16-10-6-8-14-7-3-4-9-15(14)16/h3-4,6-10,17H,1-2,5,11-13,19H2. The summed E-state index contributed by atoms with van der Waals surface area (Å²) in [7, 11) is 0. The summed E-state index contributed by atoms with van der Waals surface area (Å²) in [6.07, 6.45) is 3.92. The van der Waals surface area contributed by atoms with Crippen molar-refractivity contribution in [3.8, 4) is 0 Å². The number of hydrogen-bond acceptors (Lipinski definition) is 2. The summed E-state index contributed by atoms with van der Waals surface area (Å²) in [5.41, 5.74) is 7.54. The first kappa shape index (κ1) is 14.1. The van der Waals surface area contributed by atoms with Crippen molar-refractivity contribution in [2.24, 2.45) is 5.73 Å². The maximum absolute atomic E-state index is 12.1. The van der Waals surface area contributed by atoms with Gasteiger partial charge in [-0.05, 0) is 29.2 Å². The molecule has 1 atom stereocenters. The highest BCUT2D eigenvalue weighted by atomic mass is 16.2. The zero-order valence-electron chi connectivity index (χ0n) is 12.3. The van der Waals surface area contributed by atoms with Gasteiger partial charge in [0.1, 0.15) is 0 Å². The molecule has 3 heteroatoms. The van der Waals surface area contributed by atoms with Crippen LogP contribution in [-0.4, -0.2) is 23.9 Å². The van der Waals surface area contributed by atoms with Crippen molar-refractivity contribution in [2.75, 3.05) is 13.1 Å². The van der Waals surface area contributed by atoms with E-state index in [9.17, 15) is 4.79 Å². The van der Waals surface area contributed by atoms with E-state index in [1.165, 1.54) is 10.8 Å². The number of likely N-dealkylation sites (tertiary alicyclic amines) is 1. The zero-order valence-corrected chi connectivity index (χ0v) is 12.3. The van der Waals surface area contributed by atoms with Crippen molar-refractivity contribution in [3.63, 3.8) is 0 Å². The van der Waals surface area contributed by atoms with Crippen LogP contribution in [0.15, 0.2) is 42.5 Å². The lowest BCUT2D eigenvalue weighted by atomic mass is 9.99. The van der Waals surface area contributed by atoms with Crippen molar-refractivity contribution in [1.82, 2.24) is 4.90 Å². The number of nitrogens with two attached hydrogens (primary N) is 1. The number of nitrogens with zero attached hydrogens (tertiary/aromatic N) is 1.